The Morgan fingerprint density at radius 3 is 2.44 bits per heavy atom. The van der Waals surface area contributed by atoms with Gasteiger partial charge < -0.3 is 9.47 Å². The van der Waals surface area contributed by atoms with Crippen molar-refractivity contribution in [2.24, 2.45) is 13.0 Å². The average molecular weight is 491 g/mol. The summed E-state index contributed by atoms with van der Waals surface area (Å²) in [5.41, 5.74) is 3.55. The largest absolute Gasteiger partial charge is 0.326 e. The maximum atomic E-state index is 15.2. The van der Waals surface area contributed by atoms with Gasteiger partial charge in [0, 0.05) is 42.6 Å². The van der Waals surface area contributed by atoms with Gasteiger partial charge in [0.1, 0.15) is 6.04 Å². The lowest BCUT2D eigenvalue weighted by Gasteiger charge is -2.29. The normalized spacial score (nSPS) is 20.0. The molecule has 3 amide bonds. The fourth-order valence-electron chi connectivity index (χ4n) is 5.27. The van der Waals surface area contributed by atoms with E-state index in [1.807, 2.05) is 30.3 Å². The van der Waals surface area contributed by atoms with Gasteiger partial charge >= 0.3 is 5.92 Å². The van der Waals surface area contributed by atoms with E-state index in [1.54, 1.807) is 25.2 Å². The van der Waals surface area contributed by atoms with Crippen LogP contribution in [0, 0.1) is 5.92 Å². The van der Waals surface area contributed by atoms with Gasteiger partial charge in [0.25, 0.3) is 5.91 Å². The summed E-state index contributed by atoms with van der Waals surface area (Å²) in [4.78, 5) is 42.9. The minimum atomic E-state index is -3.04. The van der Waals surface area contributed by atoms with Crippen molar-refractivity contribution >= 4 is 17.7 Å². The van der Waals surface area contributed by atoms with E-state index in [0.717, 1.165) is 5.56 Å². The van der Waals surface area contributed by atoms with Crippen LogP contribution in [0.2, 0.25) is 0 Å². The number of rotatable bonds is 5. The number of nitrogens with one attached hydrogen (secondary N) is 1. The van der Waals surface area contributed by atoms with Crippen molar-refractivity contribution in [3.8, 4) is 22.5 Å². The molecule has 1 saturated heterocycles. The van der Waals surface area contributed by atoms with Crippen LogP contribution in [0.3, 0.4) is 0 Å². The number of amides is 3. The van der Waals surface area contributed by atoms with Gasteiger partial charge in [-0.25, -0.2) is 4.98 Å². The molecule has 1 unspecified atom stereocenters. The molecule has 2 fully saturated rings. The van der Waals surface area contributed by atoms with Gasteiger partial charge in [0.15, 0.2) is 5.82 Å². The molecule has 3 heterocycles. The molecule has 0 spiro atoms. The van der Waals surface area contributed by atoms with Crippen molar-refractivity contribution in [2.45, 2.75) is 44.2 Å². The van der Waals surface area contributed by atoms with Crippen LogP contribution in [-0.2, 0) is 29.1 Å². The second kappa shape index (κ2) is 8.08. The predicted octanol–water partition coefficient (Wildman–Crippen LogP) is 4.02. The average Bonchev–Trinajstić information content (AvgIpc) is 3.60. The molecule has 1 aromatic heterocycles. The lowest BCUT2D eigenvalue weighted by molar-refractivity contribution is -0.136. The van der Waals surface area contributed by atoms with E-state index < -0.39 is 23.8 Å². The third-order valence-corrected chi connectivity index (χ3v) is 7.33. The number of piperidine rings is 1. The lowest BCUT2D eigenvalue weighted by atomic mass is 10.0. The lowest BCUT2D eigenvalue weighted by Crippen LogP contribution is -2.52. The van der Waals surface area contributed by atoms with Crippen LogP contribution in [0.1, 0.15) is 47.4 Å². The van der Waals surface area contributed by atoms with Gasteiger partial charge in [-0.15, -0.1) is 0 Å². The first-order valence-corrected chi connectivity index (χ1v) is 12.0. The van der Waals surface area contributed by atoms with E-state index in [1.165, 1.54) is 9.47 Å². The number of alkyl halides is 2. The van der Waals surface area contributed by atoms with Gasteiger partial charge in [-0.1, -0.05) is 36.4 Å². The molecule has 1 atom stereocenters. The van der Waals surface area contributed by atoms with Crippen molar-refractivity contribution in [3.05, 3.63) is 65.5 Å². The number of fused-ring (bicyclic) bond motifs is 1. The zero-order chi connectivity index (χ0) is 25.2. The highest BCUT2D eigenvalue weighted by Crippen LogP contribution is 2.50. The molecule has 9 heteroatoms. The Hall–Kier alpha value is -3.88. The van der Waals surface area contributed by atoms with Gasteiger partial charge in [0.05, 0.1) is 11.4 Å². The SMILES string of the molecule is Cn1c(C(F)(F)C2CC2)nc(-c2ccc3c(c2)CN(C2CCC(=O)NC2=O)C3=O)c1-c1ccccc1. The van der Waals surface area contributed by atoms with Crippen LogP contribution in [0.25, 0.3) is 22.5 Å². The fourth-order valence-corrected chi connectivity index (χ4v) is 5.27. The Morgan fingerprint density at radius 1 is 1.00 bits per heavy atom. The summed E-state index contributed by atoms with van der Waals surface area (Å²) in [5.74, 6) is -5.10. The smallest absolute Gasteiger partial charge is 0.307 e. The number of hydrogen-bond acceptors (Lipinski definition) is 4. The summed E-state index contributed by atoms with van der Waals surface area (Å²) in [5, 5.41) is 2.30. The number of imide groups is 1. The van der Waals surface area contributed by atoms with Crippen LogP contribution in [0.5, 0.6) is 0 Å². The molecule has 1 N–H and O–H groups in total. The van der Waals surface area contributed by atoms with E-state index in [2.05, 4.69) is 10.3 Å². The molecule has 2 aromatic carbocycles. The summed E-state index contributed by atoms with van der Waals surface area (Å²) in [6, 6.07) is 13.8. The van der Waals surface area contributed by atoms with Crippen LogP contribution in [0.4, 0.5) is 8.78 Å². The van der Waals surface area contributed by atoms with Crippen LogP contribution < -0.4 is 5.32 Å². The molecule has 1 aliphatic carbocycles. The molecule has 3 aromatic rings. The minimum Gasteiger partial charge on any atom is -0.326 e. The minimum absolute atomic E-state index is 0.175. The number of nitrogens with zero attached hydrogens (tertiary/aromatic N) is 3. The Labute approximate surface area is 206 Å². The second-order valence-corrected chi connectivity index (χ2v) is 9.73. The molecule has 184 valence electrons. The monoisotopic (exact) mass is 490 g/mol. The third kappa shape index (κ3) is 3.53. The standard InChI is InChI=1S/C27H24F2N4O3/c1-32-23(15-5-3-2-4-6-15)22(31-26(32)27(28,29)18-8-9-18)16-7-10-19-17(13-16)14-33(25(19)36)20-11-12-21(34)30-24(20)35/h2-7,10,13,18,20H,8-9,11-12,14H2,1H3,(H,30,34,35). The molecule has 0 radical (unpaired) electrons. The summed E-state index contributed by atoms with van der Waals surface area (Å²) in [6.07, 6.45) is 1.41. The van der Waals surface area contributed by atoms with E-state index >= 15 is 8.78 Å². The molecule has 2 aliphatic heterocycles. The van der Waals surface area contributed by atoms with Crippen LogP contribution in [-0.4, -0.2) is 38.2 Å². The molecule has 3 aliphatic rings. The maximum Gasteiger partial charge on any atom is 0.307 e. The Morgan fingerprint density at radius 2 is 1.75 bits per heavy atom. The first kappa shape index (κ1) is 22.6. The molecule has 7 nitrogen and oxygen atoms in total. The van der Waals surface area contributed by atoms with Crippen molar-refractivity contribution in [1.29, 1.82) is 0 Å². The molecule has 0 bridgehead atoms. The maximum absolute atomic E-state index is 15.2. The number of hydrogen-bond donors (Lipinski definition) is 1. The van der Waals surface area contributed by atoms with Crippen LogP contribution in [0.15, 0.2) is 48.5 Å². The molecular weight excluding hydrogens is 466 g/mol. The summed E-state index contributed by atoms with van der Waals surface area (Å²) in [7, 11) is 1.62. The highest BCUT2D eigenvalue weighted by molar-refractivity contribution is 6.05. The molecule has 36 heavy (non-hydrogen) atoms. The fraction of sp³-hybridized carbons (Fsp3) is 0.333. The zero-order valence-corrected chi connectivity index (χ0v) is 19.6. The van der Waals surface area contributed by atoms with Gasteiger partial charge in [-0.3, -0.25) is 19.7 Å². The van der Waals surface area contributed by atoms with Crippen molar-refractivity contribution in [2.75, 3.05) is 0 Å². The number of carbonyl (C=O) groups is 3. The quantitative estimate of drug-likeness (QED) is 0.548. The number of benzene rings is 2. The number of imidazole rings is 1. The topological polar surface area (TPSA) is 84.3 Å². The first-order chi connectivity index (χ1) is 17.3. The summed E-state index contributed by atoms with van der Waals surface area (Å²) < 4.78 is 31.9. The summed E-state index contributed by atoms with van der Waals surface area (Å²) >= 11 is 0. The molecular formula is C27H24F2N4O3. The highest BCUT2D eigenvalue weighted by atomic mass is 19.3. The van der Waals surface area contributed by atoms with Crippen molar-refractivity contribution < 1.29 is 23.2 Å². The van der Waals surface area contributed by atoms with E-state index in [-0.39, 0.29) is 37.0 Å². The highest BCUT2D eigenvalue weighted by Gasteiger charge is 2.51. The van der Waals surface area contributed by atoms with E-state index in [4.69, 9.17) is 0 Å². The zero-order valence-electron chi connectivity index (χ0n) is 19.6. The second-order valence-electron chi connectivity index (χ2n) is 9.73. The van der Waals surface area contributed by atoms with Crippen LogP contribution >= 0.6 is 0 Å². The number of halogens is 2. The van der Waals surface area contributed by atoms with Crippen molar-refractivity contribution in [3.63, 3.8) is 0 Å². The van der Waals surface area contributed by atoms with Crippen molar-refractivity contribution in [1.82, 2.24) is 19.8 Å². The number of aromatic nitrogens is 2. The van der Waals surface area contributed by atoms with Gasteiger partial charge in [0.2, 0.25) is 11.8 Å². The number of carbonyl (C=O) groups excluding carboxylic acids is 3. The Kier molecular flexibility index (Phi) is 5.07. The predicted molar refractivity (Wildman–Crippen MR) is 127 cm³/mol. The molecule has 1 saturated carbocycles. The Bertz CT molecular complexity index is 1410. The van der Waals surface area contributed by atoms with E-state index in [0.29, 0.717) is 40.9 Å². The van der Waals surface area contributed by atoms with E-state index in [9.17, 15) is 14.4 Å². The third-order valence-electron chi connectivity index (χ3n) is 7.33. The Balaban J connectivity index is 1.41. The van der Waals surface area contributed by atoms with Gasteiger partial charge in [-0.05, 0) is 37.0 Å². The summed E-state index contributed by atoms with van der Waals surface area (Å²) in [6.45, 7) is 0.201. The van der Waals surface area contributed by atoms with Gasteiger partial charge in [-0.2, -0.15) is 8.78 Å². The first-order valence-electron chi connectivity index (χ1n) is 12.0. The molecule has 6 rings (SSSR count).